The molecule has 6 nitrogen and oxygen atoms in total. The van der Waals surface area contributed by atoms with Gasteiger partial charge in [0.25, 0.3) is 0 Å². The summed E-state index contributed by atoms with van der Waals surface area (Å²) < 4.78 is 13.1. The number of thioether (sulfide) groups is 1. The van der Waals surface area contributed by atoms with Gasteiger partial charge in [0.05, 0.1) is 6.61 Å². The van der Waals surface area contributed by atoms with Crippen molar-refractivity contribution < 1.29 is 14.3 Å². The summed E-state index contributed by atoms with van der Waals surface area (Å²) in [5, 5.41) is 8.98. The Bertz CT molecular complexity index is 1000. The lowest BCUT2D eigenvalue weighted by molar-refractivity contribution is -0.137. The smallest absolute Gasteiger partial charge is 0.319 e. The largest absolute Gasteiger partial charge is 0.485 e. The minimum atomic E-state index is -0.240. The van der Waals surface area contributed by atoms with E-state index in [1.54, 1.807) is 6.08 Å². The number of ether oxygens (including phenoxy) is 2. The molecule has 3 aromatic rings. The Morgan fingerprint density at radius 1 is 1.17 bits per heavy atom. The zero-order chi connectivity index (χ0) is 20.1. The van der Waals surface area contributed by atoms with Crippen LogP contribution < -0.4 is 4.74 Å². The second-order valence-corrected chi connectivity index (χ2v) is 7.68. The molecule has 1 atom stereocenters. The first kappa shape index (κ1) is 19.3. The van der Waals surface area contributed by atoms with Gasteiger partial charge in [-0.15, -0.1) is 16.8 Å². The van der Waals surface area contributed by atoms with Gasteiger partial charge in [-0.3, -0.25) is 9.36 Å². The first-order chi connectivity index (χ1) is 14.3. The van der Waals surface area contributed by atoms with Crippen molar-refractivity contribution in [3.8, 4) is 16.9 Å². The van der Waals surface area contributed by atoms with E-state index in [1.807, 2.05) is 47.0 Å². The molecule has 1 saturated heterocycles. The number of nitrogens with zero attached hydrogens (tertiary/aromatic N) is 3. The van der Waals surface area contributed by atoms with Gasteiger partial charge in [0.2, 0.25) is 0 Å². The number of cyclic esters (lactones) is 1. The van der Waals surface area contributed by atoms with Gasteiger partial charge in [0.1, 0.15) is 17.6 Å². The molecule has 0 bridgehead atoms. The molecule has 1 aliphatic rings. The monoisotopic (exact) mass is 407 g/mol. The van der Waals surface area contributed by atoms with Crippen molar-refractivity contribution >= 4 is 17.7 Å². The highest BCUT2D eigenvalue weighted by Crippen LogP contribution is 2.31. The van der Waals surface area contributed by atoms with Gasteiger partial charge in [-0.05, 0) is 11.6 Å². The van der Waals surface area contributed by atoms with E-state index < -0.39 is 0 Å². The predicted molar refractivity (Wildman–Crippen MR) is 112 cm³/mol. The quantitative estimate of drug-likeness (QED) is 0.413. The minimum absolute atomic E-state index is 0.197. The van der Waals surface area contributed by atoms with E-state index >= 15 is 0 Å². The summed E-state index contributed by atoms with van der Waals surface area (Å²) in [7, 11) is 0. The number of hydrogen-bond acceptors (Lipinski definition) is 6. The van der Waals surface area contributed by atoms with Crippen molar-refractivity contribution in [2.45, 2.75) is 30.0 Å². The van der Waals surface area contributed by atoms with Crippen molar-refractivity contribution in [1.29, 1.82) is 0 Å². The third kappa shape index (κ3) is 4.35. The van der Waals surface area contributed by atoms with Crippen LogP contribution in [0.1, 0.15) is 12.2 Å². The van der Waals surface area contributed by atoms with Crippen LogP contribution in [-0.2, 0) is 22.7 Å². The van der Waals surface area contributed by atoms with E-state index in [2.05, 4.69) is 28.9 Å². The molecular weight excluding hydrogens is 386 g/mol. The van der Waals surface area contributed by atoms with Gasteiger partial charge in [-0.25, -0.2) is 0 Å². The Morgan fingerprint density at radius 2 is 1.97 bits per heavy atom. The van der Waals surface area contributed by atoms with Crippen molar-refractivity contribution in [2.24, 2.45) is 0 Å². The van der Waals surface area contributed by atoms with Crippen molar-refractivity contribution in [2.75, 3.05) is 6.61 Å². The van der Waals surface area contributed by atoms with E-state index in [0.29, 0.717) is 30.6 Å². The number of carbonyl (C=O) groups excluding carboxylic acids is 1. The third-order valence-electron chi connectivity index (χ3n) is 4.57. The molecule has 0 spiro atoms. The second kappa shape index (κ2) is 8.96. The summed E-state index contributed by atoms with van der Waals surface area (Å²) in [6, 6.07) is 18.0. The van der Waals surface area contributed by atoms with E-state index in [-0.39, 0.29) is 17.8 Å². The van der Waals surface area contributed by atoms with E-state index in [1.165, 1.54) is 11.8 Å². The van der Waals surface area contributed by atoms with E-state index in [4.69, 9.17) is 9.47 Å². The van der Waals surface area contributed by atoms with Crippen molar-refractivity contribution in [1.82, 2.24) is 14.8 Å². The molecule has 0 amide bonds. The predicted octanol–water partition coefficient (Wildman–Crippen LogP) is 4.12. The Balaban J connectivity index is 1.53. The fraction of sp³-hybridized carbons (Fsp3) is 0.227. The second-order valence-electron chi connectivity index (χ2n) is 6.51. The zero-order valence-electron chi connectivity index (χ0n) is 15.9. The van der Waals surface area contributed by atoms with Gasteiger partial charge in [-0.2, -0.15) is 0 Å². The van der Waals surface area contributed by atoms with Crippen LogP contribution in [0.4, 0.5) is 0 Å². The lowest BCUT2D eigenvalue weighted by Crippen LogP contribution is -2.12. The number of benzene rings is 2. The summed E-state index contributed by atoms with van der Waals surface area (Å²) in [6.45, 7) is 5.08. The summed E-state index contributed by atoms with van der Waals surface area (Å²) in [5.41, 5.74) is 2.11. The lowest BCUT2D eigenvalue weighted by Gasteiger charge is -2.13. The lowest BCUT2D eigenvalue weighted by atomic mass is 10.1. The number of carbonyl (C=O) groups is 1. The van der Waals surface area contributed by atoms with Gasteiger partial charge in [-0.1, -0.05) is 66.4 Å². The zero-order valence-corrected chi connectivity index (χ0v) is 16.7. The van der Waals surface area contributed by atoms with Crippen LogP contribution in [0, 0.1) is 0 Å². The molecule has 4 rings (SSSR count). The molecule has 2 aromatic carbocycles. The van der Waals surface area contributed by atoms with Gasteiger partial charge in [0, 0.05) is 18.5 Å². The summed E-state index contributed by atoms with van der Waals surface area (Å²) in [5.74, 6) is 1.26. The molecule has 0 radical (unpaired) electrons. The third-order valence-corrected chi connectivity index (χ3v) is 5.79. The first-order valence-electron chi connectivity index (χ1n) is 9.40. The molecule has 1 aromatic heterocycles. The van der Waals surface area contributed by atoms with Crippen LogP contribution in [0.3, 0.4) is 0 Å². The van der Waals surface area contributed by atoms with Gasteiger partial charge >= 0.3 is 5.97 Å². The molecule has 1 aliphatic heterocycles. The van der Waals surface area contributed by atoms with Crippen molar-refractivity contribution in [3.63, 3.8) is 0 Å². The van der Waals surface area contributed by atoms with Gasteiger partial charge < -0.3 is 9.47 Å². The summed E-state index contributed by atoms with van der Waals surface area (Å²) in [6.07, 6.45) is 2.46. The maximum absolute atomic E-state index is 11.8. The molecular formula is C22H21N3O3S. The summed E-state index contributed by atoms with van der Waals surface area (Å²) in [4.78, 5) is 11.8. The minimum Gasteiger partial charge on any atom is -0.485 e. The van der Waals surface area contributed by atoms with Crippen LogP contribution >= 0.6 is 11.8 Å². The highest BCUT2D eigenvalue weighted by atomic mass is 32.2. The molecule has 2 heterocycles. The highest BCUT2D eigenvalue weighted by molar-refractivity contribution is 8.00. The molecule has 1 fully saturated rings. The summed E-state index contributed by atoms with van der Waals surface area (Å²) >= 11 is 1.38. The van der Waals surface area contributed by atoms with E-state index in [9.17, 15) is 4.79 Å². The normalized spacial score (nSPS) is 15.9. The maximum Gasteiger partial charge on any atom is 0.319 e. The van der Waals surface area contributed by atoms with Crippen molar-refractivity contribution in [3.05, 3.63) is 73.1 Å². The van der Waals surface area contributed by atoms with Crippen LogP contribution in [0.2, 0.25) is 0 Å². The van der Waals surface area contributed by atoms with Gasteiger partial charge in [0.15, 0.2) is 11.0 Å². The maximum atomic E-state index is 11.8. The molecule has 0 aliphatic carbocycles. The average Bonchev–Trinajstić information content (AvgIpc) is 3.34. The highest BCUT2D eigenvalue weighted by Gasteiger charge is 2.29. The molecule has 7 heteroatoms. The topological polar surface area (TPSA) is 66.2 Å². The first-order valence-corrected chi connectivity index (χ1v) is 10.3. The number of rotatable bonds is 8. The number of esters is 1. The molecule has 0 N–H and O–H groups in total. The number of aromatic nitrogens is 3. The number of para-hydroxylation sites is 1. The Hall–Kier alpha value is -3.06. The molecule has 148 valence electrons. The van der Waals surface area contributed by atoms with Crippen LogP contribution in [0.15, 0.2) is 72.4 Å². The Labute approximate surface area is 173 Å². The standard InChI is InChI=1S/C22H21N3O3S/c1-2-13-25-20(23-24-22(25)29-19-12-14-27-21(19)26)15-28-18-11-7-6-10-17(18)16-8-4-3-5-9-16/h2-11,19H,1,12-15H2. The Kier molecular flexibility index (Phi) is 5.95. The van der Waals surface area contributed by atoms with Crippen LogP contribution in [-0.4, -0.2) is 32.6 Å². The fourth-order valence-corrected chi connectivity index (χ4v) is 4.16. The number of allylic oxidation sites excluding steroid dienone is 1. The fourth-order valence-electron chi connectivity index (χ4n) is 3.13. The van der Waals surface area contributed by atoms with Crippen LogP contribution in [0.5, 0.6) is 5.75 Å². The molecule has 1 unspecified atom stereocenters. The van der Waals surface area contributed by atoms with E-state index in [0.717, 1.165) is 16.9 Å². The molecule has 29 heavy (non-hydrogen) atoms. The van der Waals surface area contributed by atoms with Crippen LogP contribution in [0.25, 0.3) is 11.1 Å². The molecule has 0 saturated carbocycles. The SMILES string of the molecule is C=CCn1c(COc2ccccc2-c2ccccc2)nnc1SC1CCOC1=O. The number of hydrogen-bond donors (Lipinski definition) is 0. The Morgan fingerprint density at radius 3 is 2.72 bits per heavy atom. The average molecular weight is 407 g/mol.